The molecule has 5 nitrogen and oxygen atoms in total. The Bertz CT molecular complexity index is 545. The second kappa shape index (κ2) is 6.13. The average molecular weight is 296 g/mol. The number of hydrogen-bond acceptors (Lipinski definition) is 3. The van der Waals surface area contributed by atoms with Crippen LogP contribution in [0.3, 0.4) is 0 Å². The zero-order valence-electron chi connectivity index (χ0n) is 11.3. The molecule has 4 N–H and O–H groups in total. The average Bonchev–Trinajstić information content (AvgIpc) is 2.86. The van der Waals surface area contributed by atoms with Crippen molar-refractivity contribution in [1.82, 2.24) is 0 Å². The first-order valence-corrected chi connectivity index (χ1v) is 6.99. The van der Waals surface area contributed by atoms with Crippen molar-refractivity contribution in [1.29, 1.82) is 0 Å². The first kappa shape index (κ1) is 14.7. The predicted octanol–water partition coefficient (Wildman–Crippen LogP) is 2.81. The zero-order valence-corrected chi connectivity index (χ0v) is 12.0. The third-order valence-electron chi connectivity index (χ3n) is 3.83. The second-order valence-corrected chi connectivity index (χ2v) is 5.59. The van der Waals surface area contributed by atoms with Crippen LogP contribution in [0.5, 0.6) is 0 Å². The number of carbonyl (C=O) groups is 1. The van der Waals surface area contributed by atoms with Gasteiger partial charge in [0.25, 0.3) is 0 Å². The molecule has 0 aliphatic heterocycles. The Balaban J connectivity index is 2.18. The van der Waals surface area contributed by atoms with Crippen molar-refractivity contribution in [2.45, 2.75) is 26.2 Å². The topological polar surface area (TPSA) is 87.7 Å². The van der Waals surface area contributed by atoms with Gasteiger partial charge in [-0.1, -0.05) is 30.1 Å². The summed E-state index contributed by atoms with van der Waals surface area (Å²) in [6, 6.07) is 4.85. The van der Waals surface area contributed by atoms with Gasteiger partial charge in [0.2, 0.25) is 5.91 Å². The van der Waals surface area contributed by atoms with Crippen LogP contribution in [0.2, 0.25) is 5.02 Å². The number of hydrogen-bond donors (Lipinski definition) is 3. The van der Waals surface area contributed by atoms with E-state index in [1.165, 1.54) is 0 Å². The molecule has 1 amide bonds. The number of amides is 1. The minimum absolute atomic E-state index is 0.0199. The Morgan fingerprint density at radius 2 is 2.25 bits per heavy atom. The van der Waals surface area contributed by atoms with Gasteiger partial charge in [-0.2, -0.15) is 0 Å². The van der Waals surface area contributed by atoms with Crippen molar-refractivity contribution >= 4 is 29.0 Å². The Labute approximate surface area is 122 Å². The van der Waals surface area contributed by atoms with Crippen molar-refractivity contribution in [2.24, 2.45) is 22.7 Å². The minimum Gasteiger partial charge on any atom is -0.409 e. The van der Waals surface area contributed by atoms with Crippen LogP contribution in [0.1, 0.15) is 31.7 Å². The van der Waals surface area contributed by atoms with Gasteiger partial charge in [-0.3, -0.25) is 4.79 Å². The van der Waals surface area contributed by atoms with Gasteiger partial charge in [0.05, 0.1) is 10.7 Å². The molecule has 0 aromatic heterocycles. The maximum absolute atomic E-state index is 12.2. The van der Waals surface area contributed by atoms with Gasteiger partial charge in [-0.05, 0) is 37.0 Å². The number of nitrogens with one attached hydrogen (secondary N) is 1. The van der Waals surface area contributed by atoms with Gasteiger partial charge in [0, 0.05) is 11.5 Å². The highest BCUT2D eigenvalue weighted by molar-refractivity contribution is 6.34. The van der Waals surface area contributed by atoms with Crippen LogP contribution >= 0.6 is 11.6 Å². The summed E-state index contributed by atoms with van der Waals surface area (Å²) in [5.74, 6) is 0.375. The molecular weight excluding hydrogens is 278 g/mol. The monoisotopic (exact) mass is 295 g/mol. The lowest BCUT2D eigenvalue weighted by Crippen LogP contribution is -2.25. The van der Waals surface area contributed by atoms with Crippen LogP contribution < -0.4 is 11.1 Å². The molecule has 1 aromatic carbocycles. The molecule has 2 unspecified atom stereocenters. The molecule has 108 valence electrons. The lowest BCUT2D eigenvalue weighted by atomic mass is 9.97. The maximum atomic E-state index is 12.2. The summed E-state index contributed by atoms with van der Waals surface area (Å²) in [7, 11) is 0. The molecule has 0 spiro atoms. The van der Waals surface area contributed by atoms with Crippen molar-refractivity contribution in [3.8, 4) is 0 Å². The quantitative estimate of drug-likeness (QED) is 0.347. The Morgan fingerprint density at radius 1 is 1.50 bits per heavy atom. The molecule has 0 radical (unpaired) electrons. The first-order chi connectivity index (χ1) is 9.52. The van der Waals surface area contributed by atoms with E-state index < -0.39 is 0 Å². The molecule has 1 aliphatic carbocycles. The molecule has 0 heterocycles. The molecule has 0 bridgehead atoms. The summed E-state index contributed by atoms with van der Waals surface area (Å²) >= 11 is 6.07. The Kier molecular flexibility index (Phi) is 4.49. The number of carbonyl (C=O) groups excluding carboxylic acids is 1. The SMILES string of the molecule is CC1CCCC1C(=O)Nc1cc(/C(N)=N/O)ccc1Cl. The lowest BCUT2D eigenvalue weighted by Gasteiger charge is -2.16. The number of anilines is 1. The van der Waals surface area contributed by atoms with E-state index in [-0.39, 0.29) is 17.7 Å². The van der Waals surface area contributed by atoms with Crippen LogP contribution in [0.4, 0.5) is 5.69 Å². The van der Waals surface area contributed by atoms with Crippen molar-refractivity contribution in [3.05, 3.63) is 28.8 Å². The van der Waals surface area contributed by atoms with Crippen LogP contribution in [0.15, 0.2) is 23.4 Å². The lowest BCUT2D eigenvalue weighted by molar-refractivity contribution is -0.120. The summed E-state index contributed by atoms with van der Waals surface area (Å²) in [5.41, 5.74) is 6.52. The van der Waals surface area contributed by atoms with Gasteiger partial charge in [0.15, 0.2) is 5.84 Å². The van der Waals surface area contributed by atoms with Crippen molar-refractivity contribution < 1.29 is 10.0 Å². The fourth-order valence-corrected chi connectivity index (χ4v) is 2.76. The summed E-state index contributed by atoms with van der Waals surface area (Å²) < 4.78 is 0. The molecule has 2 rings (SSSR count). The van der Waals surface area contributed by atoms with E-state index in [9.17, 15) is 4.79 Å². The number of halogens is 1. The van der Waals surface area contributed by atoms with Crippen LogP contribution in [0.25, 0.3) is 0 Å². The Morgan fingerprint density at radius 3 is 2.85 bits per heavy atom. The molecular formula is C14H18ClN3O2. The van der Waals surface area contributed by atoms with Gasteiger partial charge in [-0.25, -0.2) is 0 Å². The predicted molar refractivity (Wildman–Crippen MR) is 79.1 cm³/mol. The van der Waals surface area contributed by atoms with E-state index in [4.69, 9.17) is 22.5 Å². The summed E-state index contributed by atoms with van der Waals surface area (Å²) in [4.78, 5) is 12.2. The van der Waals surface area contributed by atoms with Crippen LogP contribution in [-0.4, -0.2) is 17.0 Å². The number of nitrogens with two attached hydrogens (primary N) is 1. The second-order valence-electron chi connectivity index (χ2n) is 5.18. The highest BCUT2D eigenvalue weighted by atomic mass is 35.5. The highest BCUT2D eigenvalue weighted by Gasteiger charge is 2.29. The van der Waals surface area contributed by atoms with Crippen LogP contribution in [0, 0.1) is 11.8 Å². The van der Waals surface area contributed by atoms with Crippen LogP contribution in [-0.2, 0) is 4.79 Å². The third kappa shape index (κ3) is 3.04. The van der Waals surface area contributed by atoms with E-state index in [1.807, 2.05) is 0 Å². The van der Waals surface area contributed by atoms with E-state index in [0.29, 0.717) is 22.2 Å². The standard InChI is InChI=1S/C14H18ClN3O2/c1-8-3-2-4-10(8)14(19)17-12-7-9(13(16)18-20)5-6-11(12)15/h5-8,10,20H,2-4H2,1H3,(H2,16,18)(H,17,19). The first-order valence-electron chi connectivity index (χ1n) is 6.61. The molecule has 0 saturated heterocycles. The van der Waals surface area contributed by atoms with E-state index in [2.05, 4.69) is 17.4 Å². The van der Waals surface area contributed by atoms with Crippen molar-refractivity contribution in [3.63, 3.8) is 0 Å². The fraction of sp³-hybridized carbons (Fsp3) is 0.429. The van der Waals surface area contributed by atoms with E-state index in [0.717, 1.165) is 19.3 Å². The summed E-state index contributed by atoms with van der Waals surface area (Å²) in [5, 5.41) is 14.9. The molecule has 1 saturated carbocycles. The maximum Gasteiger partial charge on any atom is 0.227 e. The largest absolute Gasteiger partial charge is 0.409 e. The fourth-order valence-electron chi connectivity index (χ4n) is 2.60. The highest BCUT2D eigenvalue weighted by Crippen LogP contribution is 2.33. The number of benzene rings is 1. The number of nitrogens with zero attached hydrogens (tertiary/aromatic N) is 1. The summed E-state index contributed by atoms with van der Waals surface area (Å²) in [6.45, 7) is 2.09. The number of amidine groups is 1. The van der Waals surface area contributed by atoms with Gasteiger partial charge in [0.1, 0.15) is 0 Å². The number of rotatable bonds is 3. The van der Waals surface area contributed by atoms with Gasteiger partial charge in [-0.15, -0.1) is 0 Å². The Hall–Kier alpha value is -1.75. The molecule has 6 heteroatoms. The third-order valence-corrected chi connectivity index (χ3v) is 4.16. The molecule has 20 heavy (non-hydrogen) atoms. The smallest absolute Gasteiger partial charge is 0.227 e. The van der Waals surface area contributed by atoms with Crippen molar-refractivity contribution in [2.75, 3.05) is 5.32 Å². The van der Waals surface area contributed by atoms with Gasteiger partial charge < -0.3 is 16.3 Å². The zero-order chi connectivity index (χ0) is 14.7. The molecule has 1 fully saturated rings. The minimum atomic E-state index is -0.0219. The molecule has 1 aromatic rings. The van der Waals surface area contributed by atoms with E-state index >= 15 is 0 Å². The number of oxime groups is 1. The molecule has 1 aliphatic rings. The van der Waals surface area contributed by atoms with E-state index in [1.54, 1.807) is 18.2 Å². The normalized spacial score (nSPS) is 22.8. The molecule has 2 atom stereocenters. The van der Waals surface area contributed by atoms with Gasteiger partial charge >= 0.3 is 0 Å². The summed E-state index contributed by atoms with van der Waals surface area (Å²) in [6.07, 6.45) is 3.07.